The minimum Gasteiger partial charge on any atom is -0.466 e. The number of ether oxygens (including phenoxy) is 1. The molecule has 2 bridgehead atoms. The van der Waals surface area contributed by atoms with Crippen LogP contribution in [-0.4, -0.2) is 24.1 Å². The highest BCUT2D eigenvalue weighted by atomic mass is 79.9. The number of fused-ring (bicyclic) bond motifs is 2. The highest BCUT2D eigenvalue weighted by Crippen LogP contribution is 2.55. The average Bonchev–Trinajstić information content (AvgIpc) is 3.26. The Morgan fingerprint density at radius 1 is 1.03 bits per heavy atom. The number of ketones is 2. The fourth-order valence-corrected chi connectivity index (χ4v) is 4.93. The summed E-state index contributed by atoms with van der Waals surface area (Å²) < 4.78 is 6.20. The lowest BCUT2D eigenvalue weighted by Gasteiger charge is -2.29. The topological polar surface area (TPSA) is 60.4 Å². The van der Waals surface area contributed by atoms with E-state index < -0.39 is 23.7 Å². The molecule has 0 aromatic heterocycles. The molecule has 0 amide bonds. The number of carbonyl (C=O) groups is 3. The molecule has 0 N–H and O–H groups in total. The van der Waals surface area contributed by atoms with Gasteiger partial charge in [-0.1, -0.05) is 58.4 Å². The molecule has 4 nitrogen and oxygen atoms in total. The largest absolute Gasteiger partial charge is 0.466 e. The van der Waals surface area contributed by atoms with Crippen molar-refractivity contribution in [3.8, 4) is 0 Å². The van der Waals surface area contributed by atoms with Crippen molar-refractivity contribution in [1.29, 1.82) is 0 Å². The third-order valence-electron chi connectivity index (χ3n) is 5.89. The maximum Gasteiger partial charge on any atom is 0.310 e. The Morgan fingerprint density at radius 2 is 1.72 bits per heavy atom. The van der Waals surface area contributed by atoms with Crippen LogP contribution in [0.3, 0.4) is 0 Å². The maximum atomic E-state index is 13.4. The van der Waals surface area contributed by atoms with Gasteiger partial charge in [-0.25, -0.2) is 0 Å². The molecular weight excluding hydrogens is 432 g/mol. The highest BCUT2D eigenvalue weighted by Gasteiger charge is 2.60. The van der Waals surface area contributed by atoms with Crippen molar-refractivity contribution in [3.05, 3.63) is 75.8 Å². The summed E-state index contributed by atoms with van der Waals surface area (Å²) in [6, 6.07) is 16.7. The van der Waals surface area contributed by atoms with Gasteiger partial charge in [0.2, 0.25) is 0 Å². The van der Waals surface area contributed by atoms with Crippen molar-refractivity contribution in [3.63, 3.8) is 0 Å². The third kappa shape index (κ3) is 3.60. The Labute approximate surface area is 178 Å². The molecule has 148 valence electrons. The highest BCUT2D eigenvalue weighted by molar-refractivity contribution is 9.10. The summed E-state index contributed by atoms with van der Waals surface area (Å²) in [5.74, 6) is -2.59. The number of benzene rings is 2. The van der Waals surface area contributed by atoms with Crippen molar-refractivity contribution in [2.45, 2.75) is 13.3 Å². The molecule has 0 heterocycles. The van der Waals surface area contributed by atoms with E-state index in [1.165, 1.54) is 0 Å². The summed E-state index contributed by atoms with van der Waals surface area (Å²) in [4.78, 5) is 39.1. The van der Waals surface area contributed by atoms with E-state index in [1.54, 1.807) is 19.1 Å². The lowest BCUT2D eigenvalue weighted by Crippen LogP contribution is -2.40. The van der Waals surface area contributed by atoms with E-state index in [0.717, 1.165) is 10.0 Å². The van der Waals surface area contributed by atoms with Crippen LogP contribution in [0.25, 0.3) is 6.08 Å². The zero-order chi connectivity index (χ0) is 20.5. The lowest BCUT2D eigenvalue weighted by atomic mass is 9.72. The molecule has 2 fully saturated rings. The summed E-state index contributed by atoms with van der Waals surface area (Å²) in [6.45, 7) is 1.97. The molecule has 0 radical (unpaired) electrons. The molecule has 5 heteroatoms. The van der Waals surface area contributed by atoms with E-state index in [9.17, 15) is 14.4 Å². The number of halogens is 1. The predicted octanol–water partition coefficient (Wildman–Crippen LogP) is 4.73. The molecule has 2 aromatic rings. The smallest absolute Gasteiger partial charge is 0.310 e. The van der Waals surface area contributed by atoms with E-state index in [0.29, 0.717) is 17.6 Å². The summed E-state index contributed by atoms with van der Waals surface area (Å²) in [5.41, 5.74) is 2.12. The van der Waals surface area contributed by atoms with E-state index in [-0.39, 0.29) is 24.1 Å². The fraction of sp³-hybridized carbons (Fsp3) is 0.292. The van der Waals surface area contributed by atoms with Crippen molar-refractivity contribution in [1.82, 2.24) is 0 Å². The molecular formula is C24H21BrO4. The SMILES string of the molecule is CCOC(=O)[C@H]1[C@H](C(=O)c2ccccc2)[C@H]2C[C@@H]1C(=O)/C2=C/c1ccc(Br)cc1. The van der Waals surface area contributed by atoms with Crippen molar-refractivity contribution in [2.75, 3.05) is 6.61 Å². The molecule has 0 unspecified atom stereocenters. The van der Waals surface area contributed by atoms with Gasteiger partial charge in [-0.2, -0.15) is 0 Å². The molecule has 0 saturated heterocycles. The van der Waals surface area contributed by atoms with Gasteiger partial charge < -0.3 is 4.74 Å². The predicted molar refractivity (Wildman–Crippen MR) is 113 cm³/mol. The quantitative estimate of drug-likeness (QED) is 0.373. The van der Waals surface area contributed by atoms with E-state index in [1.807, 2.05) is 48.5 Å². The summed E-state index contributed by atoms with van der Waals surface area (Å²) in [6.07, 6.45) is 2.39. The number of Topliss-reactive ketones (excluding diaryl/α,β-unsaturated/α-hetero) is 2. The number of rotatable bonds is 5. The Kier molecular flexibility index (Phi) is 5.50. The average molecular weight is 453 g/mol. The van der Waals surface area contributed by atoms with Crippen LogP contribution in [0.15, 0.2) is 64.6 Å². The van der Waals surface area contributed by atoms with Crippen LogP contribution in [0.2, 0.25) is 0 Å². The minimum atomic E-state index is -0.706. The molecule has 2 aromatic carbocycles. The fourth-order valence-electron chi connectivity index (χ4n) is 4.66. The zero-order valence-electron chi connectivity index (χ0n) is 16.0. The van der Waals surface area contributed by atoms with Gasteiger partial charge in [-0.15, -0.1) is 0 Å². The van der Waals surface area contributed by atoms with Crippen LogP contribution in [0.4, 0.5) is 0 Å². The van der Waals surface area contributed by atoms with Crippen molar-refractivity contribution < 1.29 is 19.1 Å². The maximum absolute atomic E-state index is 13.4. The molecule has 2 aliphatic carbocycles. The number of hydrogen-bond donors (Lipinski definition) is 0. The van der Waals surface area contributed by atoms with Crippen LogP contribution in [-0.2, 0) is 14.3 Å². The van der Waals surface area contributed by atoms with Crippen LogP contribution < -0.4 is 0 Å². The van der Waals surface area contributed by atoms with Gasteiger partial charge in [0.15, 0.2) is 11.6 Å². The van der Waals surface area contributed by atoms with Gasteiger partial charge in [0.05, 0.1) is 12.5 Å². The summed E-state index contributed by atoms with van der Waals surface area (Å²) >= 11 is 3.41. The molecule has 2 saturated carbocycles. The Balaban J connectivity index is 1.73. The second-order valence-corrected chi connectivity index (χ2v) is 8.41. The number of hydrogen-bond acceptors (Lipinski definition) is 4. The Morgan fingerprint density at radius 3 is 2.38 bits per heavy atom. The number of allylic oxidation sites excluding steroid dienone is 1. The summed E-state index contributed by atoms with van der Waals surface area (Å²) in [5, 5.41) is 0. The van der Waals surface area contributed by atoms with E-state index in [4.69, 9.17) is 4.74 Å². The molecule has 0 aliphatic heterocycles. The molecule has 0 spiro atoms. The van der Waals surface area contributed by atoms with Gasteiger partial charge in [0.25, 0.3) is 0 Å². The van der Waals surface area contributed by atoms with Crippen LogP contribution in [0, 0.1) is 23.7 Å². The minimum absolute atomic E-state index is 0.0342. The Bertz CT molecular complexity index is 978. The first-order chi connectivity index (χ1) is 14.0. The van der Waals surface area contributed by atoms with Gasteiger partial charge in [0.1, 0.15) is 0 Å². The number of esters is 1. The molecule has 29 heavy (non-hydrogen) atoms. The first-order valence-electron chi connectivity index (χ1n) is 9.78. The van der Waals surface area contributed by atoms with Crippen LogP contribution in [0.5, 0.6) is 0 Å². The first kappa shape index (κ1) is 19.8. The molecule has 4 atom stereocenters. The van der Waals surface area contributed by atoms with Crippen LogP contribution in [0.1, 0.15) is 29.3 Å². The third-order valence-corrected chi connectivity index (χ3v) is 6.42. The normalized spacial score (nSPS) is 26.7. The first-order valence-corrected chi connectivity index (χ1v) is 10.6. The van der Waals surface area contributed by atoms with E-state index >= 15 is 0 Å². The van der Waals surface area contributed by atoms with Crippen molar-refractivity contribution >= 4 is 39.5 Å². The summed E-state index contributed by atoms with van der Waals surface area (Å²) in [7, 11) is 0. The van der Waals surface area contributed by atoms with Gasteiger partial charge in [-0.05, 0) is 48.6 Å². The number of carbonyl (C=O) groups excluding carboxylic acids is 3. The van der Waals surface area contributed by atoms with E-state index in [2.05, 4.69) is 15.9 Å². The van der Waals surface area contributed by atoms with Gasteiger partial charge >= 0.3 is 5.97 Å². The standard InChI is InChI=1S/C24H21BrO4/c1-2-29-24(28)21-19-13-17(20(21)22(26)15-6-4-3-5-7-15)18(23(19)27)12-14-8-10-16(25)11-9-14/h3-12,17,19-21H,2,13H2,1H3/b18-12+/t17-,19-,20+,21+/m0/s1. The second-order valence-electron chi connectivity index (χ2n) is 7.50. The molecule has 2 aliphatic rings. The second kappa shape index (κ2) is 8.07. The van der Waals surface area contributed by atoms with Gasteiger partial charge in [-0.3, -0.25) is 14.4 Å². The zero-order valence-corrected chi connectivity index (χ0v) is 17.6. The monoisotopic (exact) mass is 452 g/mol. The Hall–Kier alpha value is -2.53. The lowest BCUT2D eigenvalue weighted by molar-refractivity contribution is -0.152. The van der Waals surface area contributed by atoms with Crippen molar-refractivity contribution in [2.24, 2.45) is 23.7 Å². The van der Waals surface area contributed by atoms with Gasteiger partial charge in [0, 0.05) is 21.9 Å². The molecule has 4 rings (SSSR count). The van der Waals surface area contributed by atoms with Crippen LogP contribution >= 0.6 is 15.9 Å².